The van der Waals surface area contributed by atoms with Crippen molar-refractivity contribution in [2.75, 3.05) is 13.2 Å². The molecule has 0 aliphatic carbocycles. The van der Waals surface area contributed by atoms with Gasteiger partial charge in [-0.2, -0.15) is 0 Å². The number of carbonyl (C=O) groups is 3. The predicted molar refractivity (Wildman–Crippen MR) is 334 cm³/mol. The molecule has 0 saturated heterocycles. The minimum absolute atomic E-state index is 0.102. The van der Waals surface area contributed by atoms with Crippen LogP contribution in [0.2, 0.25) is 0 Å². The largest absolute Gasteiger partial charge is 0.462 e. The lowest BCUT2D eigenvalue weighted by molar-refractivity contribution is -0.166. The van der Waals surface area contributed by atoms with Crippen LogP contribution >= 0.6 is 0 Å². The number of esters is 3. The first-order chi connectivity index (χ1) is 38.0. The van der Waals surface area contributed by atoms with Gasteiger partial charge in [-0.1, -0.05) is 285 Å². The maximum absolute atomic E-state index is 12.9. The van der Waals surface area contributed by atoms with Crippen molar-refractivity contribution >= 4 is 17.9 Å². The molecule has 1 atom stereocenters. The highest BCUT2D eigenvalue weighted by atomic mass is 16.6. The third-order valence-electron chi connectivity index (χ3n) is 14.1. The maximum atomic E-state index is 12.9. The Kier molecular flexibility index (Phi) is 61.8. The Balaban J connectivity index is 4.36. The van der Waals surface area contributed by atoms with E-state index in [-0.39, 0.29) is 37.5 Å². The van der Waals surface area contributed by atoms with E-state index in [1.165, 1.54) is 193 Å². The van der Waals surface area contributed by atoms with E-state index in [0.717, 1.165) is 77.0 Å². The molecule has 0 aromatic rings. The van der Waals surface area contributed by atoms with Crippen molar-refractivity contribution < 1.29 is 28.6 Å². The molecule has 442 valence electrons. The molecule has 0 spiro atoms. The molecule has 0 N–H and O–H groups in total. The van der Waals surface area contributed by atoms with E-state index in [2.05, 4.69) is 112 Å². The summed E-state index contributed by atoms with van der Waals surface area (Å²) < 4.78 is 16.9. The Morgan fingerprint density at radius 2 is 0.532 bits per heavy atom. The van der Waals surface area contributed by atoms with Crippen molar-refractivity contribution in [3.63, 3.8) is 0 Å². The van der Waals surface area contributed by atoms with E-state index in [1.54, 1.807) is 0 Å². The zero-order valence-corrected chi connectivity index (χ0v) is 50.7. The number of hydrogen-bond donors (Lipinski definition) is 0. The van der Waals surface area contributed by atoms with Crippen LogP contribution in [0.25, 0.3) is 0 Å². The first-order valence-corrected chi connectivity index (χ1v) is 32.7. The summed E-state index contributed by atoms with van der Waals surface area (Å²) in [5.41, 5.74) is 0. The Labute approximate surface area is 477 Å². The topological polar surface area (TPSA) is 78.9 Å². The molecule has 77 heavy (non-hydrogen) atoms. The second-order valence-electron chi connectivity index (χ2n) is 21.6. The van der Waals surface area contributed by atoms with Crippen LogP contribution in [0, 0.1) is 0 Å². The molecule has 0 aliphatic rings. The van der Waals surface area contributed by atoms with E-state index in [4.69, 9.17) is 14.2 Å². The number of rotatable bonds is 59. The van der Waals surface area contributed by atoms with E-state index in [9.17, 15) is 14.4 Å². The summed E-state index contributed by atoms with van der Waals surface area (Å²) in [6.07, 6.45) is 87.2. The van der Waals surface area contributed by atoms with Gasteiger partial charge in [0.2, 0.25) is 0 Å². The van der Waals surface area contributed by atoms with Crippen molar-refractivity contribution in [3.05, 3.63) is 97.2 Å². The maximum Gasteiger partial charge on any atom is 0.306 e. The molecule has 0 rings (SSSR count). The van der Waals surface area contributed by atoms with Gasteiger partial charge in [-0.3, -0.25) is 14.4 Å². The van der Waals surface area contributed by atoms with Crippen molar-refractivity contribution in [1.29, 1.82) is 0 Å². The van der Waals surface area contributed by atoms with Crippen LogP contribution in [0.15, 0.2) is 97.2 Å². The Bertz CT molecular complexity index is 1510. The smallest absolute Gasteiger partial charge is 0.306 e. The third-order valence-corrected chi connectivity index (χ3v) is 14.1. The van der Waals surface area contributed by atoms with Crippen LogP contribution in [-0.4, -0.2) is 37.2 Å². The van der Waals surface area contributed by atoms with Gasteiger partial charge in [0.05, 0.1) is 0 Å². The predicted octanol–water partition coefficient (Wildman–Crippen LogP) is 22.4. The summed E-state index contributed by atoms with van der Waals surface area (Å²) in [4.78, 5) is 38.3. The number of hydrogen-bond acceptors (Lipinski definition) is 6. The van der Waals surface area contributed by atoms with Gasteiger partial charge in [-0.15, -0.1) is 0 Å². The fourth-order valence-corrected chi connectivity index (χ4v) is 9.17. The average molecular weight is 1070 g/mol. The molecule has 0 fully saturated rings. The van der Waals surface area contributed by atoms with Crippen LogP contribution < -0.4 is 0 Å². The molecule has 6 nitrogen and oxygen atoms in total. The van der Waals surface area contributed by atoms with E-state index in [0.29, 0.717) is 19.3 Å². The van der Waals surface area contributed by atoms with Gasteiger partial charge in [0.25, 0.3) is 0 Å². The summed E-state index contributed by atoms with van der Waals surface area (Å²) in [7, 11) is 0. The zero-order valence-electron chi connectivity index (χ0n) is 50.7. The van der Waals surface area contributed by atoms with Crippen LogP contribution in [0.1, 0.15) is 316 Å². The van der Waals surface area contributed by atoms with Gasteiger partial charge >= 0.3 is 17.9 Å². The van der Waals surface area contributed by atoms with Gasteiger partial charge in [-0.05, 0) is 109 Å². The monoisotopic (exact) mass is 1070 g/mol. The normalized spacial score (nSPS) is 12.7. The van der Waals surface area contributed by atoms with Gasteiger partial charge in [0, 0.05) is 19.3 Å². The van der Waals surface area contributed by atoms with Gasteiger partial charge in [-0.25, -0.2) is 0 Å². The van der Waals surface area contributed by atoms with E-state index < -0.39 is 6.10 Å². The van der Waals surface area contributed by atoms with Gasteiger partial charge < -0.3 is 14.2 Å². The lowest BCUT2D eigenvalue weighted by Gasteiger charge is -2.18. The van der Waals surface area contributed by atoms with Gasteiger partial charge in [0.15, 0.2) is 6.10 Å². The summed E-state index contributed by atoms with van der Waals surface area (Å²) in [6, 6.07) is 0. The minimum atomic E-state index is -0.811. The summed E-state index contributed by atoms with van der Waals surface area (Å²) in [5, 5.41) is 0. The zero-order chi connectivity index (χ0) is 55.7. The second kappa shape index (κ2) is 64.9. The minimum Gasteiger partial charge on any atom is -0.462 e. The van der Waals surface area contributed by atoms with Crippen molar-refractivity contribution in [1.82, 2.24) is 0 Å². The number of ether oxygens (including phenoxy) is 3. The highest BCUT2D eigenvalue weighted by Crippen LogP contribution is 2.16. The number of unbranched alkanes of at least 4 members (excludes halogenated alkanes) is 32. The Hall–Kier alpha value is -3.67. The van der Waals surface area contributed by atoms with Crippen molar-refractivity contribution in [2.45, 2.75) is 322 Å². The average Bonchev–Trinajstić information content (AvgIpc) is 3.43. The quantitative estimate of drug-likeness (QED) is 0.0261. The number of carbonyl (C=O) groups excluding carboxylic acids is 3. The van der Waals surface area contributed by atoms with Crippen molar-refractivity contribution in [3.8, 4) is 0 Å². The van der Waals surface area contributed by atoms with Crippen LogP contribution in [0.5, 0.6) is 0 Å². The molecular formula is C71H122O6. The molecule has 0 radical (unpaired) electrons. The molecule has 0 bridgehead atoms. The SMILES string of the molecule is CC/C=C\C/C=C\C/C=C\C/C=C\CCC(=O)OCC(COC(=O)CCCCCCCCCCCC/C=C\C/C=C\C/C=C\CCCCCCC)OC(=O)CCCCCCCCCCC/C=C\CCCCCCCCCC. The Morgan fingerprint density at radius 3 is 0.883 bits per heavy atom. The fourth-order valence-electron chi connectivity index (χ4n) is 9.17. The summed E-state index contributed by atoms with van der Waals surface area (Å²) in [5.74, 6) is -0.983. The van der Waals surface area contributed by atoms with Crippen LogP contribution in [-0.2, 0) is 28.6 Å². The van der Waals surface area contributed by atoms with Crippen LogP contribution in [0.3, 0.4) is 0 Å². The molecule has 0 amide bonds. The molecule has 0 aromatic heterocycles. The molecular weight excluding hydrogens is 949 g/mol. The highest BCUT2D eigenvalue weighted by molar-refractivity contribution is 5.71. The lowest BCUT2D eigenvalue weighted by atomic mass is 10.0. The first kappa shape index (κ1) is 73.3. The third kappa shape index (κ3) is 63.0. The standard InChI is InChI=1S/C71H122O6/c1-4-7-10-13-16-19-22-25-27-29-31-33-34-35-36-38-39-41-43-46-49-52-55-58-61-64-70(73)76-67-68(66-75-69(72)63-60-57-54-51-48-45-24-21-18-15-12-9-6-3)77-71(74)65-62-59-56-53-50-47-44-42-40-37-32-30-28-26-23-20-17-14-11-8-5-2/h9,12,18,21-22,25,29-32,34-35,45,48,54,57,68H,4-8,10-11,13-17,19-20,23-24,26-28,33,36-44,46-47,49-53,55-56,58-67H2,1-3H3/b12-9-,21-18-,25-22-,31-29-,32-30-,35-34-,48-45-,57-54-. The first-order valence-electron chi connectivity index (χ1n) is 32.7. The summed E-state index contributed by atoms with van der Waals surface area (Å²) in [6.45, 7) is 6.47. The van der Waals surface area contributed by atoms with Gasteiger partial charge in [0.1, 0.15) is 13.2 Å². The molecule has 6 heteroatoms. The van der Waals surface area contributed by atoms with Crippen LogP contribution in [0.4, 0.5) is 0 Å². The second-order valence-corrected chi connectivity index (χ2v) is 21.6. The number of allylic oxidation sites excluding steroid dienone is 16. The summed E-state index contributed by atoms with van der Waals surface area (Å²) >= 11 is 0. The molecule has 0 aromatic carbocycles. The Morgan fingerprint density at radius 1 is 0.273 bits per heavy atom. The van der Waals surface area contributed by atoms with Crippen molar-refractivity contribution in [2.24, 2.45) is 0 Å². The molecule has 0 aliphatic heterocycles. The highest BCUT2D eigenvalue weighted by Gasteiger charge is 2.19. The molecule has 0 saturated carbocycles. The molecule has 1 unspecified atom stereocenters. The van der Waals surface area contributed by atoms with E-state index in [1.807, 2.05) is 6.08 Å². The lowest BCUT2D eigenvalue weighted by Crippen LogP contribution is -2.30. The fraction of sp³-hybridized carbons (Fsp3) is 0.732. The van der Waals surface area contributed by atoms with E-state index >= 15 is 0 Å². The molecule has 0 heterocycles.